The van der Waals surface area contributed by atoms with Crippen molar-refractivity contribution in [1.82, 2.24) is 20.1 Å². The van der Waals surface area contributed by atoms with E-state index in [-0.39, 0.29) is 0 Å². The molecule has 7 heteroatoms. The average Bonchev–Trinajstić information content (AvgIpc) is 3.51. The van der Waals surface area contributed by atoms with Crippen LogP contribution in [0, 0.1) is 23.2 Å². The maximum atomic E-state index is 9.14. The van der Waals surface area contributed by atoms with E-state index < -0.39 is 0 Å². The molecule has 1 N–H and O–H groups in total. The van der Waals surface area contributed by atoms with Crippen LogP contribution in [0.3, 0.4) is 0 Å². The molecular weight excluding hydrogens is 392 g/mol. The van der Waals surface area contributed by atoms with E-state index in [0.717, 1.165) is 71.4 Å². The number of nitrogens with zero attached hydrogens (tertiary/aromatic N) is 5. The van der Waals surface area contributed by atoms with Crippen molar-refractivity contribution in [3.8, 4) is 27.8 Å². The Hall–Kier alpha value is -2.69. The van der Waals surface area contributed by atoms with Crippen LogP contribution in [-0.2, 0) is 6.54 Å². The number of aryl methyl sites for hydroxylation is 1. The third kappa shape index (κ3) is 3.62. The zero-order valence-corrected chi connectivity index (χ0v) is 18.0. The second-order valence-corrected chi connectivity index (χ2v) is 9.17. The van der Waals surface area contributed by atoms with Crippen LogP contribution in [-0.4, -0.2) is 40.9 Å². The van der Waals surface area contributed by atoms with Gasteiger partial charge in [-0.25, -0.2) is 4.98 Å². The van der Waals surface area contributed by atoms with E-state index in [1.165, 1.54) is 12.8 Å². The first-order chi connectivity index (χ1) is 14.7. The highest BCUT2D eigenvalue weighted by molar-refractivity contribution is 7.19. The largest absolute Gasteiger partial charge is 0.348 e. The van der Waals surface area contributed by atoms with Crippen LogP contribution in [0.15, 0.2) is 36.7 Å². The van der Waals surface area contributed by atoms with Gasteiger partial charge >= 0.3 is 0 Å². The maximum absolute atomic E-state index is 9.14. The second kappa shape index (κ2) is 8.21. The Balaban J connectivity index is 1.51. The van der Waals surface area contributed by atoms with Crippen molar-refractivity contribution in [2.24, 2.45) is 11.8 Å². The highest BCUT2D eigenvalue weighted by atomic mass is 32.1. The number of thiazole rings is 1. The molecule has 2 aromatic heterocycles. The molecule has 0 aliphatic carbocycles. The molecule has 0 spiro atoms. The Kier molecular flexibility index (Phi) is 5.28. The first-order valence-electron chi connectivity index (χ1n) is 10.7. The van der Waals surface area contributed by atoms with Crippen molar-refractivity contribution < 1.29 is 0 Å². The van der Waals surface area contributed by atoms with Crippen LogP contribution in [0.25, 0.3) is 21.7 Å². The Morgan fingerprint density at radius 3 is 2.50 bits per heavy atom. The number of benzene rings is 1. The number of nitrogens with one attached hydrogen (secondary N) is 1. The predicted molar refractivity (Wildman–Crippen MR) is 120 cm³/mol. The molecule has 2 fully saturated rings. The molecule has 0 unspecified atom stereocenters. The van der Waals surface area contributed by atoms with Gasteiger partial charge in [-0.3, -0.25) is 4.68 Å². The molecule has 0 bridgehead atoms. The summed E-state index contributed by atoms with van der Waals surface area (Å²) in [6, 6.07) is 9.95. The fourth-order valence-corrected chi connectivity index (χ4v) is 5.72. The number of rotatable bonds is 4. The summed E-state index contributed by atoms with van der Waals surface area (Å²) in [7, 11) is 0. The van der Waals surface area contributed by atoms with Crippen molar-refractivity contribution in [3.05, 3.63) is 42.2 Å². The van der Waals surface area contributed by atoms with Crippen LogP contribution in [0.4, 0.5) is 5.13 Å². The van der Waals surface area contributed by atoms with Gasteiger partial charge in [-0.2, -0.15) is 10.4 Å². The molecule has 2 aliphatic rings. The number of hydrogen-bond acceptors (Lipinski definition) is 6. The molecule has 2 saturated heterocycles. The average molecular weight is 419 g/mol. The fourth-order valence-electron chi connectivity index (χ4n) is 4.60. The van der Waals surface area contributed by atoms with Crippen LogP contribution in [0.2, 0.25) is 0 Å². The van der Waals surface area contributed by atoms with Gasteiger partial charge in [0.15, 0.2) is 5.13 Å². The number of hydrogen-bond donors (Lipinski definition) is 1. The smallest absolute Gasteiger partial charge is 0.186 e. The van der Waals surface area contributed by atoms with E-state index in [0.29, 0.717) is 5.56 Å². The highest BCUT2D eigenvalue weighted by Gasteiger charge is 2.31. The summed E-state index contributed by atoms with van der Waals surface area (Å²) in [5, 5.41) is 18.3. The van der Waals surface area contributed by atoms with Crippen LogP contribution < -0.4 is 10.2 Å². The Morgan fingerprint density at radius 1 is 1.13 bits per heavy atom. The molecule has 0 amide bonds. The molecule has 3 aromatic rings. The minimum Gasteiger partial charge on any atom is -0.348 e. The van der Waals surface area contributed by atoms with Gasteiger partial charge in [0.2, 0.25) is 0 Å². The van der Waals surface area contributed by atoms with Crippen LogP contribution >= 0.6 is 11.3 Å². The van der Waals surface area contributed by atoms with Gasteiger partial charge in [0.25, 0.3) is 0 Å². The number of anilines is 1. The van der Waals surface area contributed by atoms with Crippen molar-refractivity contribution in [1.29, 1.82) is 5.26 Å². The standard InChI is InChI=1S/C23H26N6S/c1-2-29-15-20(14-26-29)22-21(17-5-3-16(11-24)4-6-17)27-23(30-22)28-9-7-18-12-25-13-19(18)8-10-28/h3-6,14-15,18-19,25H,2,7-10,12-13H2,1H3/t18-,19+. The van der Waals surface area contributed by atoms with Gasteiger partial charge in [-0.15, -0.1) is 0 Å². The highest BCUT2D eigenvalue weighted by Crippen LogP contribution is 2.41. The van der Waals surface area contributed by atoms with E-state index in [2.05, 4.69) is 34.5 Å². The summed E-state index contributed by atoms with van der Waals surface area (Å²) < 4.78 is 1.96. The molecule has 30 heavy (non-hydrogen) atoms. The zero-order chi connectivity index (χ0) is 20.5. The second-order valence-electron chi connectivity index (χ2n) is 8.19. The lowest BCUT2D eigenvalue weighted by atomic mass is 9.92. The van der Waals surface area contributed by atoms with Crippen LogP contribution in [0.5, 0.6) is 0 Å². The van der Waals surface area contributed by atoms with Crippen molar-refractivity contribution in [3.63, 3.8) is 0 Å². The van der Waals surface area contributed by atoms with E-state index in [4.69, 9.17) is 10.2 Å². The van der Waals surface area contributed by atoms with Crippen LogP contribution in [0.1, 0.15) is 25.3 Å². The summed E-state index contributed by atoms with van der Waals surface area (Å²) in [5.74, 6) is 1.60. The first-order valence-corrected chi connectivity index (χ1v) is 11.6. The van der Waals surface area contributed by atoms with Crippen molar-refractivity contribution in [2.75, 3.05) is 31.1 Å². The lowest BCUT2D eigenvalue weighted by molar-refractivity contribution is 0.409. The predicted octanol–water partition coefficient (Wildman–Crippen LogP) is 4.00. The lowest BCUT2D eigenvalue weighted by Crippen LogP contribution is -2.25. The quantitative estimate of drug-likeness (QED) is 0.693. The van der Waals surface area contributed by atoms with Gasteiger partial charge in [0.05, 0.1) is 28.4 Å². The lowest BCUT2D eigenvalue weighted by Gasteiger charge is -2.19. The number of aromatic nitrogens is 3. The first kappa shape index (κ1) is 19.3. The molecule has 4 heterocycles. The molecule has 154 valence electrons. The van der Waals surface area contributed by atoms with E-state index in [1.807, 2.05) is 35.1 Å². The van der Waals surface area contributed by atoms with E-state index in [9.17, 15) is 0 Å². The van der Waals surface area contributed by atoms with Gasteiger partial charge in [-0.1, -0.05) is 23.5 Å². The van der Waals surface area contributed by atoms with E-state index in [1.54, 1.807) is 11.3 Å². The minimum absolute atomic E-state index is 0.669. The van der Waals surface area contributed by atoms with E-state index >= 15 is 0 Å². The van der Waals surface area contributed by atoms with Gasteiger partial charge < -0.3 is 10.2 Å². The van der Waals surface area contributed by atoms with Gasteiger partial charge in [0.1, 0.15) is 0 Å². The molecule has 2 atom stereocenters. The number of nitriles is 1. The number of fused-ring (bicyclic) bond motifs is 1. The molecular formula is C23H26N6S. The summed E-state index contributed by atoms with van der Waals surface area (Å²) in [4.78, 5) is 8.74. The zero-order valence-electron chi connectivity index (χ0n) is 17.2. The molecule has 5 rings (SSSR count). The molecule has 0 saturated carbocycles. The Morgan fingerprint density at radius 2 is 1.87 bits per heavy atom. The third-order valence-electron chi connectivity index (χ3n) is 6.41. The van der Waals surface area contributed by atoms with Crippen molar-refractivity contribution in [2.45, 2.75) is 26.3 Å². The Labute approximate surface area is 181 Å². The molecule has 6 nitrogen and oxygen atoms in total. The summed E-state index contributed by atoms with van der Waals surface area (Å²) in [6.45, 7) is 7.40. The molecule has 2 aliphatic heterocycles. The monoisotopic (exact) mass is 418 g/mol. The fraction of sp³-hybridized carbons (Fsp3) is 0.435. The molecule has 0 radical (unpaired) electrons. The normalized spacial score (nSPS) is 21.3. The maximum Gasteiger partial charge on any atom is 0.186 e. The summed E-state index contributed by atoms with van der Waals surface area (Å²) in [5.41, 5.74) is 3.81. The summed E-state index contributed by atoms with van der Waals surface area (Å²) >= 11 is 1.77. The third-order valence-corrected chi connectivity index (χ3v) is 7.58. The topological polar surface area (TPSA) is 69.8 Å². The summed E-state index contributed by atoms with van der Waals surface area (Å²) in [6.07, 6.45) is 6.49. The Bertz CT molecular complexity index is 1050. The van der Waals surface area contributed by atoms with Gasteiger partial charge in [-0.05, 0) is 56.8 Å². The SMILES string of the molecule is CCn1cc(-c2sc(N3CC[C@@H]4CNC[C@@H]4CC3)nc2-c2ccc(C#N)cc2)cn1. The molecule has 1 aromatic carbocycles. The van der Waals surface area contributed by atoms with Crippen molar-refractivity contribution >= 4 is 16.5 Å². The minimum atomic E-state index is 0.669. The van der Waals surface area contributed by atoms with Gasteiger partial charge in [0, 0.05) is 37.0 Å².